The minimum Gasteiger partial charge on any atom is -0.324 e. The fourth-order valence-corrected chi connectivity index (χ4v) is 2.04. The number of hydrogen-bond donors (Lipinski definition) is 1. The van der Waals surface area contributed by atoms with Crippen molar-refractivity contribution in [1.29, 1.82) is 0 Å². The molecule has 110 valence electrons. The molecule has 7 nitrogen and oxygen atoms in total. The molecule has 2 rings (SSSR count). The van der Waals surface area contributed by atoms with Crippen LogP contribution in [-0.2, 0) is 20.8 Å². The van der Waals surface area contributed by atoms with Gasteiger partial charge < -0.3 is 5.32 Å². The van der Waals surface area contributed by atoms with Crippen LogP contribution in [0.3, 0.4) is 0 Å². The van der Waals surface area contributed by atoms with Gasteiger partial charge in [-0.15, -0.1) is 0 Å². The summed E-state index contributed by atoms with van der Waals surface area (Å²) in [5, 5.41) is 2.64. The third-order valence-corrected chi connectivity index (χ3v) is 3.22. The summed E-state index contributed by atoms with van der Waals surface area (Å²) >= 11 is 0. The second kappa shape index (κ2) is 5.74. The number of rotatable bonds is 4. The molecule has 5 amide bonds. The number of benzene rings is 1. The van der Waals surface area contributed by atoms with Crippen LogP contribution in [0, 0.1) is 0 Å². The van der Waals surface area contributed by atoms with Crippen LogP contribution < -0.4 is 5.32 Å². The Morgan fingerprint density at radius 3 is 2.38 bits per heavy atom. The summed E-state index contributed by atoms with van der Waals surface area (Å²) < 4.78 is 0. The van der Waals surface area contributed by atoms with E-state index in [0.717, 1.165) is 12.0 Å². The summed E-state index contributed by atoms with van der Waals surface area (Å²) in [6.45, 7) is 1.47. The molecule has 21 heavy (non-hydrogen) atoms. The number of aryl methyl sites for hydroxylation is 1. The van der Waals surface area contributed by atoms with Crippen molar-refractivity contribution in [1.82, 2.24) is 9.80 Å². The third kappa shape index (κ3) is 2.76. The maximum atomic E-state index is 12.0. The van der Waals surface area contributed by atoms with Gasteiger partial charge in [-0.05, 0) is 18.1 Å². The van der Waals surface area contributed by atoms with Crippen LogP contribution in [0.15, 0.2) is 24.3 Å². The van der Waals surface area contributed by atoms with E-state index in [-0.39, 0.29) is 0 Å². The molecule has 1 aromatic rings. The van der Waals surface area contributed by atoms with Crippen molar-refractivity contribution in [2.45, 2.75) is 13.3 Å². The molecular weight excluding hydrogens is 274 g/mol. The summed E-state index contributed by atoms with van der Waals surface area (Å²) in [7, 11) is 1.20. The van der Waals surface area contributed by atoms with Crippen molar-refractivity contribution in [3.8, 4) is 0 Å². The fourth-order valence-electron chi connectivity index (χ4n) is 2.04. The molecule has 0 aromatic heterocycles. The first kappa shape index (κ1) is 14.7. The lowest BCUT2D eigenvalue weighted by Gasteiger charge is -2.14. The highest BCUT2D eigenvalue weighted by atomic mass is 16.2. The predicted molar refractivity (Wildman–Crippen MR) is 74.3 cm³/mol. The van der Waals surface area contributed by atoms with Gasteiger partial charge in [-0.1, -0.05) is 25.1 Å². The Labute approximate surface area is 121 Å². The molecule has 1 heterocycles. The molecule has 1 aliphatic rings. The Hall–Kier alpha value is -2.70. The van der Waals surface area contributed by atoms with Gasteiger partial charge >= 0.3 is 17.8 Å². The van der Waals surface area contributed by atoms with E-state index in [2.05, 4.69) is 5.32 Å². The Morgan fingerprint density at radius 2 is 1.81 bits per heavy atom. The van der Waals surface area contributed by atoms with Crippen molar-refractivity contribution >= 4 is 29.4 Å². The zero-order valence-corrected chi connectivity index (χ0v) is 11.8. The molecule has 7 heteroatoms. The van der Waals surface area contributed by atoms with Gasteiger partial charge in [-0.25, -0.2) is 9.69 Å². The average molecular weight is 289 g/mol. The lowest BCUT2D eigenvalue weighted by atomic mass is 10.1. The van der Waals surface area contributed by atoms with E-state index < -0.39 is 30.3 Å². The van der Waals surface area contributed by atoms with Crippen LogP contribution in [0.2, 0.25) is 0 Å². The minimum atomic E-state index is -0.985. The number of nitrogens with one attached hydrogen (secondary N) is 1. The minimum absolute atomic E-state index is 0.480. The molecule has 1 N–H and O–H groups in total. The molecule has 1 aliphatic heterocycles. The van der Waals surface area contributed by atoms with Gasteiger partial charge in [0, 0.05) is 12.7 Å². The molecule has 1 aromatic carbocycles. The molecule has 0 atom stereocenters. The highest BCUT2D eigenvalue weighted by Crippen LogP contribution is 2.16. The number of amides is 5. The standard InChI is InChI=1S/C14H15N3O4/c1-3-9-6-4-5-7-10(9)15-11(18)8-17-13(20)12(19)16(2)14(17)21/h4-7H,3,8H2,1-2H3,(H,15,18). The molecule has 0 unspecified atom stereocenters. The van der Waals surface area contributed by atoms with Crippen LogP contribution >= 0.6 is 0 Å². The fraction of sp³-hybridized carbons (Fsp3) is 0.286. The number of imide groups is 2. The van der Waals surface area contributed by atoms with E-state index in [4.69, 9.17) is 0 Å². The Balaban J connectivity index is 2.07. The zero-order chi connectivity index (χ0) is 15.6. The number of carbonyl (C=O) groups excluding carboxylic acids is 4. The second-order valence-corrected chi connectivity index (χ2v) is 4.60. The molecule has 0 aliphatic carbocycles. The number of para-hydroxylation sites is 1. The number of nitrogens with zero attached hydrogens (tertiary/aromatic N) is 2. The quantitative estimate of drug-likeness (QED) is 0.650. The monoisotopic (exact) mass is 289 g/mol. The summed E-state index contributed by atoms with van der Waals surface area (Å²) in [4.78, 5) is 47.9. The number of likely N-dealkylation sites (N-methyl/N-ethyl adjacent to an activating group) is 1. The Kier molecular flexibility index (Phi) is 4.02. The number of anilines is 1. The predicted octanol–water partition coefficient (Wildman–Crippen LogP) is 0.608. The van der Waals surface area contributed by atoms with Crippen LogP contribution in [0.4, 0.5) is 10.5 Å². The van der Waals surface area contributed by atoms with Crippen LogP contribution in [0.1, 0.15) is 12.5 Å². The van der Waals surface area contributed by atoms with Crippen LogP contribution in [0.25, 0.3) is 0 Å². The number of urea groups is 1. The molecule has 0 bridgehead atoms. The second-order valence-electron chi connectivity index (χ2n) is 4.60. The van der Waals surface area contributed by atoms with E-state index >= 15 is 0 Å². The van der Waals surface area contributed by atoms with Crippen molar-refractivity contribution < 1.29 is 19.2 Å². The maximum absolute atomic E-state index is 12.0. The molecule has 0 saturated carbocycles. The number of carbonyl (C=O) groups is 4. The Morgan fingerprint density at radius 1 is 1.14 bits per heavy atom. The summed E-state index contributed by atoms with van der Waals surface area (Å²) in [5.74, 6) is -2.44. The average Bonchev–Trinajstić information content (AvgIpc) is 2.66. The highest BCUT2D eigenvalue weighted by Gasteiger charge is 2.42. The molecular formula is C14H15N3O4. The summed E-state index contributed by atoms with van der Waals surface area (Å²) in [6.07, 6.45) is 0.735. The maximum Gasteiger partial charge on any atom is 0.334 e. The van der Waals surface area contributed by atoms with E-state index in [1.165, 1.54) is 7.05 Å². The van der Waals surface area contributed by atoms with Crippen LogP contribution in [-0.4, -0.2) is 47.1 Å². The first-order valence-electron chi connectivity index (χ1n) is 6.47. The van der Waals surface area contributed by atoms with Crippen LogP contribution in [0.5, 0.6) is 0 Å². The molecule has 1 fully saturated rings. The highest BCUT2D eigenvalue weighted by molar-refractivity contribution is 6.44. The normalized spacial score (nSPS) is 14.9. The molecule has 1 saturated heterocycles. The largest absolute Gasteiger partial charge is 0.334 e. The van der Waals surface area contributed by atoms with Gasteiger partial charge in [0.05, 0.1) is 0 Å². The lowest BCUT2D eigenvalue weighted by molar-refractivity contribution is -0.143. The van der Waals surface area contributed by atoms with Gasteiger partial charge in [0.1, 0.15) is 6.54 Å². The van der Waals surface area contributed by atoms with Crippen molar-refractivity contribution in [2.24, 2.45) is 0 Å². The van der Waals surface area contributed by atoms with Gasteiger partial charge in [0.25, 0.3) is 0 Å². The SMILES string of the molecule is CCc1ccccc1NC(=O)CN1C(=O)C(=O)N(C)C1=O. The topological polar surface area (TPSA) is 86.8 Å². The van der Waals surface area contributed by atoms with Crippen molar-refractivity contribution in [3.05, 3.63) is 29.8 Å². The smallest absolute Gasteiger partial charge is 0.324 e. The number of hydrogen-bond acceptors (Lipinski definition) is 4. The summed E-state index contributed by atoms with van der Waals surface area (Å²) in [5.41, 5.74) is 1.57. The van der Waals surface area contributed by atoms with Gasteiger partial charge in [0.2, 0.25) is 5.91 Å². The zero-order valence-electron chi connectivity index (χ0n) is 11.8. The van der Waals surface area contributed by atoms with Crippen molar-refractivity contribution in [3.63, 3.8) is 0 Å². The first-order chi connectivity index (χ1) is 9.95. The first-order valence-corrected chi connectivity index (χ1v) is 6.47. The lowest BCUT2D eigenvalue weighted by Crippen LogP contribution is -2.38. The molecule has 0 radical (unpaired) electrons. The summed E-state index contributed by atoms with van der Waals surface area (Å²) in [6, 6.07) is 6.46. The van der Waals surface area contributed by atoms with E-state index in [1.807, 2.05) is 19.1 Å². The van der Waals surface area contributed by atoms with E-state index in [9.17, 15) is 19.2 Å². The van der Waals surface area contributed by atoms with E-state index in [1.54, 1.807) is 12.1 Å². The Bertz CT molecular complexity index is 626. The molecule has 0 spiro atoms. The third-order valence-electron chi connectivity index (χ3n) is 3.22. The van der Waals surface area contributed by atoms with Gasteiger partial charge in [0.15, 0.2) is 0 Å². The van der Waals surface area contributed by atoms with Gasteiger partial charge in [-0.2, -0.15) is 0 Å². The van der Waals surface area contributed by atoms with Gasteiger partial charge in [-0.3, -0.25) is 19.3 Å². The van der Waals surface area contributed by atoms with E-state index in [0.29, 0.717) is 15.5 Å². The van der Waals surface area contributed by atoms with Crippen molar-refractivity contribution in [2.75, 3.05) is 18.9 Å².